The summed E-state index contributed by atoms with van der Waals surface area (Å²) in [7, 11) is 3.76. The van der Waals surface area contributed by atoms with Gasteiger partial charge in [-0.1, -0.05) is 0 Å². The van der Waals surface area contributed by atoms with Crippen molar-refractivity contribution in [3.05, 3.63) is 29.9 Å². The Bertz CT molecular complexity index is 548. The SMILES string of the molecule is CCC[CH2][Sn]([CH3])([CH2]CCC)[c]1cnc(CN(C)/C=C(/C)N)c(OC)c1. The summed E-state index contributed by atoms with van der Waals surface area (Å²) in [6.45, 7) is 7.17. The summed E-state index contributed by atoms with van der Waals surface area (Å²) >= 11 is -2.34. The van der Waals surface area contributed by atoms with E-state index in [-0.39, 0.29) is 0 Å². The zero-order chi connectivity index (χ0) is 18.9. The van der Waals surface area contributed by atoms with Crippen LogP contribution in [0.2, 0.25) is 13.8 Å². The van der Waals surface area contributed by atoms with Crippen LogP contribution in [0.3, 0.4) is 0 Å². The van der Waals surface area contributed by atoms with Crippen molar-refractivity contribution in [2.24, 2.45) is 5.73 Å². The molecular weight excluding hydrogens is 417 g/mol. The van der Waals surface area contributed by atoms with E-state index in [0.29, 0.717) is 6.54 Å². The Hall–Kier alpha value is -0.911. The van der Waals surface area contributed by atoms with Gasteiger partial charge in [0, 0.05) is 0 Å². The van der Waals surface area contributed by atoms with Gasteiger partial charge in [0.15, 0.2) is 0 Å². The van der Waals surface area contributed by atoms with Gasteiger partial charge >= 0.3 is 159 Å². The predicted molar refractivity (Wildman–Crippen MR) is 111 cm³/mol. The number of ether oxygens (including phenoxy) is 1. The molecule has 1 heterocycles. The quantitative estimate of drug-likeness (QED) is 0.509. The van der Waals surface area contributed by atoms with Crippen molar-refractivity contribution in [2.45, 2.75) is 66.8 Å². The number of allylic oxidation sites excluding steroid dienone is 1. The van der Waals surface area contributed by atoms with Crippen molar-refractivity contribution in [3.63, 3.8) is 0 Å². The Morgan fingerprint density at radius 2 is 1.88 bits per heavy atom. The molecule has 0 aliphatic heterocycles. The first-order valence-electron chi connectivity index (χ1n) is 9.53. The molecule has 142 valence electrons. The van der Waals surface area contributed by atoms with E-state index in [4.69, 9.17) is 15.5 Å². The molecule has 0 aromatic carbocycles. The molecule has 1 aromatic heterocycles. The Balaban J connectivity index is 3.09. The van der Waals surface area contributed by atoms with E-state index in [1.807, 2.05) is 20.2 Å². The van der Waals surface area contributed by atoms with E-state index < -0.39 is 18.4 Å². The Morgan fingerprint density at radius 1 is 1.28 bits per heavy atom. The molecule has 5 heteroatoms. The molecule has 0 amide bonds. The number of pyridine rings is 1. The average Bonchev–Trinajstić information content (AvgIpc) is 2.57. The van der Waals surface area contributed by atoms with Crippen LogP contribution < -0.4 is 14.0 Å². The van der Waals surface area contributed by atoms with Crippen LogP contribution in [-0.4, -0.2) is 42.4 Å². The molecule has 2 N–H and O–H groups in total. The van der Waals surface area contributed by atoms with Crippen LogP contribution in [-0.2, 0) is 6.54 Å². The molecular formula is C20H37N3OSn. The van der Waals surface area contributed by atoms with Gasteiger partial charge in [-0.2, -0.15) is 0 Å². The van der Waals surface area contributed by atoms with Crippen LogP contribution in [0.1, 0.15) is 52.1 Å². The number of methoxy groups -OCH3 is 1. The molecule has 0 aliphatic carbocycles. The normalized spacial score (nSPS) is 12.3. The van der Waals surface area contributed by atoms with E-state index >= 15 is 0 Å². The number of hydrogen-bond acceptors (Lipinski definition) is 4. The van der Waals surface area contributed by atoms with Gasteiger partial charge in [0.25, 0.3) is 0 Å². The van der Waals surface area contributed by atoms with E-state index in [2.05, 4.69) is 36.0 Å². The molecule has 0 unspecified atom stereocenters. The van der Waals surface area contributed by atoms with Crippen LogP contribution in [0.15, 0.2) is 24.2 Å². The number of unbranched alkanes of at least 4 members (excludes halogenated alkanes) is 2. The van der Waals surface area contributed by atoms with E-state index in [1.165, 1.54) is 38.1 Å². The number of hydrogen-bond donors (Lipinski definition) is 1. The summed E-state index contributed by atoms with van der Waals surface area (Å²) in [4.78, 5) is 9.43. The standard InChI is InChI=1S/C11H16N3O.2C4H9.CH3.Sn/c1-9(12)7-14(2)8-10-11(15-3)5-4-6-13-10;2*1-3-4-2;;/h5-7H,8,12H2,1-3H3;2*1,3-4H2,2H3;1H3;/b9-7-;;;;. The first-order valence-corrected chi connectivity index (χ1v) is 17.9. The zero-order valence-corrected chi connectivity index (χ0v) is 19.9. The van der Waals surface area contributed by atoms with E-state index in [0.717, 1.165) is 17.1 Å². The van der Waals surface area contributed by atoms with Gasteiger partial charge in [-0.05, 0) is 0 Å². The average molecular weight is 454 g/mol. The molecule has 1 rings (SSSR count). The van der Waals surface area contributed by atoms with Crippen molar-refractivity contribution in [2.75, 3.05) is 14.2 Å². The maximum atomic E-state index is 5.77. The fraction of sp³-hybridized carbons (Fsp3) is 0.650. The van der Waals surface area contributed by atoms with Crippen LogP contribution in [0, 0.1) is 0 Å². The molecule has 0 saturated carbocycles. The predicted octanol–water partition coefficient (Wildman–Crippen LogP) is 4.23. The van der Waals surface area contributed by atoms with Crippen molar-refractivity contribution in [3.8, 4) is 5.75 Å². The number of nitrogens with two attached hydrogens (primary N) is 1. The molecule has 0 spiro atoms. The number of nitrogens with zero attached hydrogens (tertiary/aromatic N) is 2. The molecule has 0 radical (unpaired) electrons. The summed E-state index contributed by atoms with van der Waals surface area (Å²) in [6.07, 6.45) is 9.30. The molecule has 0 bridgehead atoms. The second-order valence-electron chi connectivity index (χ2n) is 7.43. The second-order valence-corrected chi connectivity index (χ2v) is 20.8. The summed E-state index contributed by atoms with van der Waals surface area (Å²) in [5, 5.41) is 0. The topological polar surface area (TPSA) is 51.4 Å². The van der Waals surface area contributed by atoms with Gasteiger partial charge in [0.05, 0.1) is 0 Å². The third-order valence-electron chi connectivity index (χ3n) is 4.83. The summed E-state index contributed by atoms with van der Waals surface area (Å²) in [5.74, 6) is 0.920. The van der Waals surface area contributed by atoms with Crippen LogP contribution in [0.4, 0.5) is 0 Å². The molecule has 0 aliphatic rings. The molecule has 4 nitrogen and oxygen atoms in total. The Labute approximate surface area is 158 Å². The second kappa shape index (κ2) is 10.9. The first kappa shape index (κ1) is 22.1. The van der Waals surface area contributed by atoms with Gasteiger partial charge in [-0.15, -0.1) is 0 Å². The number of aromatic nitrogens is 1. The molecule has 25 heavy (non-hydrogen) atoms. The van der Waals surface area contributed by atoms with Gasteiger partial charge in [-0.25, -0.2) is 0 Å². The monoisotopic (exact) mass is 455 g/mol. The van der Waals surface area contributed by atoms with E-state index in [1.54, 1.807) is 7.11 Å². The number of rotatable bonds is 11. The van der Waals surface area contributed by atoms with Crippen molar-refractivity contribution < 1.29 is 4.74 Å². The van der Waals surface area contributed by atoms with Gasteiger partial charge < -0.3 is 0 Å². The molecule has 0 fully saturated rings. The summed E-state index contributed by atoms with van der Waals surface area (Å²) in [5.41, 5.74) is 7.54. The van der Waals surface area contributed by atoms with Crippen LogP contribution >= 0.6 is 0 Å². The van der Waals surface area contributed by atoms with E-state index in [9.17, 15) is 0 Å². The van der Waals surface area contributed by atoms with Crippen molar-refractivity contribution in [1.29, 1.82) is 0 Å². The van der Waals surface area contributed by atoms with Crippen LogP contribution in [0.5, 0.6) is 5.75 Å². The molecule has 0 atom stereocenters. The van der Waals surface area contributed by atoms with Crippen LogP contribution in [0.25, 0.3) is 0 Å². The summed E-state index contributed by atoms with van der Waals surface area (Å²) < 4.78 is 10.0. The van der Waals surface area contributed by atoms with Crippen molar-refractivity contribution >= 4 is 22.0 Å². The fourth-order valence-electron chi connectivity index (χ4n) is 3.28. The minimum atomic E-state index is -2.34. The van der Waals surface area contributed by atoms with Crippen molar-refractivity contribution in [1.82, 2.24) is 9.88 Å². The Kier molecular flexibility index (Phi) is 9.68. The maximum absolute atomic E-state index is 5.77. The molecule has 1 aromatic rings. The third-order valence-corrected chi connectivity index (χ3v) is 17.9. The Morgan fingerprint density at radius 3 is 2.36 bits per heavy atom. The van der Waals surface area contributed by atoms with Gasteiger partial charge in [0.1, 0.15) is 0 Å². The summed E-state index contributed by atoms with van der Waals surface area (Å²) in [6, 6.07) is 2.29. The zero-order valence-electron chi connectivity index (χ0n) is 17.1. The van der Waals surface area contributed by atoms with Gasteiger partial charge in [-0.3, -0.25) is 0 Å². The third kappa shape index (κ3) is 7.08. The minimum absolute atomic E-state index is 0.703. The van der Waals surface area contributed by atoms with Gasteiger partial charge in [0.2, 0.25) is 0 Å². The first-order chi connectivity index (χ1) is 11.9. The fourth-order valence-corrected chi connectivity index (χ4v) is 14.6. The molecule has 0 saturated heterocycles.